The molecule has 0 radical (unpaired) electrons. The Kier molecular flexibility index (Phi) is 7.11. The number of rotatable bonds is 7. The van der Waals surface area contributed by atoms with Gasteiger partial charge in [0.1, 0.15) is 0 Å². The highest BCUT2D eigenvalue weighted by molar-refractivity contribution is 6.30. The van der Waals surface area contributed by atoms with Crippen LogP contribution in [0.1, 0.15) is 62.6 Å². The van der Waals surface area contributed by atoms with Gasteiger partial charge in [-0.05, 0) is 74.4 Å². The lowest BCUT2D eigenvalue weighted by atomic mass is 9.74. The number of amides is 2. The number of nitrogens with one attached hydrogen (secondary N) is 1. The molecule has 1 N–H and O–H groups in total. The van der Waals surface area contributed by atoms with Gasteiger partial charge in [0.15, 0.2) is 0 Å². The van der Waals surface area contributed by atoms with Gasteiger partial charge in [0.2, 0.25) is 11.8 Å². The minimum atomic E-state index is -0.347. The number of halogens is 2. The van der Waals surface area contributed by atoms with Gasteiger partial charge in [-0.2, -0.15) is 0 Å². The average Bonchev–Trinajstić information content (AvgIpc) is 3.55. The predicted molar refractivity (Wildman–Crippen MR) is 129 cm³/mol. The van der Waals surface area contributed by atoms with Crippen LogP contribution in [0.2, 0.25) is 10.0 Å². The minimum Gasteiger partial charge on any atom is -0.354 e. The van der Waals surface area contributed by atoms with E-state index in [1.807, 2.05) is 61.2 Å². The van der Waals surface area contributed by atoms with Crippen molar-refractivity contribution >= 4 is 35.0 Å². The van der Waals surface area contributed by atoms with Gasteiger partial charge in [-0.3, -0.25) is 9.59 Å². The molecule has 1 aliphatic heterocycles. The average molecular weight is 473 g/mol. The number of carbonyl (C=O) groups excluding carboxylic acids is 2. The highest BCUT2D eigenvalue weighted by Gasteiger charge is 2.45. The fourth-order valence-electron chi connectivity index (χ4n) is 4.81. The van der Waals surface area contributed by atoms with Crippen LogP contribution < -0.4 is 5.32 Å². The molecule has 1 unspecified atom stereocenters. The maximum Gasteiger partial charge on any atom is 0.226 e. The summed E-state index contributed by atoms with van der Waals surface area (Å²) in [6, 6.07) is 15.6. The summed E-state index contributed by atoms with van der Waals surface area (Å²) in [5.41, 5.74) is 2.17. The molecule has 2 aromatic carbocycles. The Labute approximate surface area is 200 Å². The van der Waals surface area contributed by atoms with Crippen molar-refractivity contribution < 1.29 is 9.59 Å². The van der Waals surface area contributed by atoms with Gasteiger partial charge < -0.3 is 10.2 Å². The third-order valence-electron chi connectivity index (χ3n) is 6.41. The topological polar surface area (TPSA) is 49.4 Å². The van der Waals surface area contributed by atoms with E-state index < -0.39 is 0 Å². The Balaban J connectivity index is 1.73. The van der Waals surface area contributed by atoms with Crippen LogP contribution in [0.3, 0.4) is 0 Å². The number of carbonyl (C=O) groups is 2. The molecule has 1 aliphatic carbocycles. The van der Waals surface area contributed by atoms with E-state index in [0.29, 0.717) is 22.4 Å². The van der Waals surface area contributed by atoms with Gasteiger partial charge in [0, 0.05) is 40.9 Å². The molecule has 0 aromatic heterocycles. The van der Waals surface area contributed by atoms with Crippen LogP contribution in [-0.2, 0) is 9.59 Å². The van der Waals surface area contributed by atoms with Gasteiger partial charge >= 0.3 is 0 Å². The number of hydrogen-bond donors (Lipinski definition) is 1. The number of likely N-dealkylation sites (tertiary alicyclic amines) is 1. The Morgan fingerprint density at radius 3 is 2.41 bits per heavy atom. The smallest absolute Gasteiger partial charge is 0.226 e. The van der Waals surface area contributed by atoms with Gasteiger partial charge in [-0.25, -0.2) is 0 Å². The molecule has 1 heterocycles. The van der Waals surface area contributed by atoms with Crippen LogP contribution in [0.25, 0.3) is 0 Å². The number of hydrogen-bond acceptors (Lipinski definition) is 2. The Morgan fingerprint density at radius 1 is 1.06 bits per heavy atom. The normalized spacial score (nSPS) is 23.5. The van der Waals surface area contributed by atoms with Crippen molar-refractivity contribution in [2.75, 3.05) is 6.54 Å². The third-order valence-corrected chi connectivity index (χ3v) is 6.90. The molecule has 2 aliphatic rings. The zero-order valence-corrected chi connectivity index (χ0v) is 20.1. The van der Waals surface area contributed by atoms with E-state index in [1.54, 1.807) is 0 Å². The second kappa shape index (κ2) is 9.84. The lowest BCUT2D eigenvalue weighted by Gasteiger charge is -2.45. The third kappa shape index (κ3) is 5.47. The maximum absolute atomic E-state index is 13.7. The van der Waals surface area contributed by atoms with Crippen molar-refractivity contribution in [2.24, 2.45) is 11.8 Å². The zero-order valence-electron chi connectivity index (χ0n) is 18.6. The second-order valence-electron chi connectivity index (χ2n) is 9.45. The molecule has 170 valence electrons. The van der Waals surface area contributed by atoms with Crippen molar-refractivity contribution in [1.29, 1.82) is 0 Å². The van der Waals surface area contributed by atoms with E-state index in [4.69, 9.17) is 23.2 Å². The molecule has 1 saturated heterocycles. The summed E-state index contributed by atoms with van der Waals surface area (Å²) in [5, 5.41) is 4.30. The van der Waals surface area contributed by atoms with Crippen molar-refractivity contribution in [3.8, 4) is 0 Å². The molecule has 4 rings (SSSR count). The molecule has 32 heavy (non-hydrogen) atoms. The molecule has 3 atom stereocenters. The molecule has 6 heteroatoms. The zero-order chi connectivity index (χ0) is 22.8. The first-order valence-electron chi connectivity index (χ1n) is 11.4. The van der Waals surface area contributed by atoms with Crippen LogP contribution in [0.4, 0.5) is 0 Å². The molecule has 2 amide bonds. The summed E-state index contributed by atoms with van der Waals surface area (Å²) in [5.74, 6) is 0.244. The van der Waals surface area contributed by atoms with Crippen LogP contribution in [0.5, 0.6) is 0 Å². The van der Waals surface area contributed by atoms with Crippen molar-refractivity contribution in [2.45, 2.75) is 57.5 Å². The van der Waals surface area contributed by atoms with Gasteiger partial charge in [0.25, 0.3) is 0 Å². The molecule has 0 spiro atoms. The molecular formula is C26H30Cl2N2O2. The van der Waals surface area contributed by atoms with E-state index in [0.717, 1.165) is 30.5 Å². The predicted octanol–water partition coefficient (Wildman–Crippen LogP) is 5.99. The number of benzene rings is 2. The van der Waals surface area contributed by atoms with Crippen molar-refractivity contribution in [1.82, 2.24) is 10.2 Å². The van der Waals surface area contributed by atoms with Crippen LogP contribution >= 0.6 is 23.2 Å². The quantitative estimate of drug-likeness (QED) is 0.537. The van der Waals surface area contributed by atoms with Crippen molar-refractivity contribution in [3.05, 3.63) is 69.7 Å². The fourth-order valence-corrected chi connectivity index (χ4v) is 5.14. The molecule has 2 aromatic rings. The molecule has 0 bridgehead atoms. The molecule has 1 saturated carbocycles. The van der Waals surface area contributed by atoms with Crippen LogP contribution in [-0.4, -0.2) is 29.3 Å². The highest BCUT2D eigenvalue weighted by Crippen LogP contribution is 2.48. The summed E-state index contributed by atoms with van der Waals surface area (Å²) >= 11 is 12.5. The molecular weight excluding hydrogens is 443 g/mol. The van der Waals surface area contributed by atoms with Crippen LogP contribution in [0.15, 0.2) is 48.5 Å². The fraction of sp³-hybridized carbons (Fsp3) is 0.462. The van der Waals surface area contributed by atoms with E-state index in [-0.39, 0.29) is 42.2 Å². The largest absolute Gasteiger partial charge is 0.354 e. The summed E-state index contributed by atoms with van der Waals surface area (Å²) in [6.45, 7) is 4.60. The Morgan fingerprint density at radius 2 is 1.78 bits per heavy atom. The summed E-state index contributed by atoms with van der Waals surface area (Å²) in [4.78, 5) is 28.3. The lowest BCUT2D eigenvalue weighted by Crippen LogP contribution is -2.49. The summed E-state index contributed by atoms with van der Waals surface area (Å²) in [7, 11) is 0. The van der Waals surface area contributed by atoms with E-state index in [2.05, 4.69) is 11.4 Å². The molecule has 4 nitrogen and oxygen atoms in total. The lowest BCUT2D eigenvalue weighted by molar-refractivity contribution is -0.146. The first-order chi connectivity index (χ1) is 15.3. The van der Waals surface area contributed by atoms with E-state index in [1.165, 1.54) is 0 Å². The second-order valence-corrected chi connectivity index (χ2v) is 10.3. The minimum absolute atomic E-state index is 0.0446. The van der Waals surface area contributed by atoms with E-state index in [9.17, 15) is 9.59 Å². The monoisotopic (exact) mass is 472 g/mol. The first-order valence-corrected chi connectivity index (χ1v) is 12.2. The molecule has 2 fully saturated rings. The Hall–Kier alpha value is -2.04. The Bertz CT molecular complexity index is 972. The van der Waals surface area contributed by atoms with Crippen LogP contribution in [0, 0.1) is 11.8 Å². The van der Waals surface area contributed by atoms with Crippen molar-refractivity contribution in [3.63, 3.8) is 0 Å². The number of nitrogens with zero attached hydrogens (tertiary/aromatic N) is 1. The highest BCUT2D eigenvalue weighted by atomic mass is 35.5. The first kappa shape index (κ1) is 23.1. The maximum atomic E-state index is 13.7. The van der Waals surface area contributed by atoms with Gasteiger partial charge in [-0.1, -0.05) is 47.5 Å². The SMILES string of the molecule is CC(C)NC(=O)C[C@H]1C[C@H](c2cccc(Cl)c2)C(c2ccc(Cl)cc2)N(CC2CC2)C1=O. The summed E-state index contributed by atoms with van der Waals surface area (Å²) < 4.78 is 0. The number of piperidine rings is 1. The summed E-state index contributed by atoms with van der Waals surface area (Å²) in [6.07, 6.45) is 3.12. The van der Waals surface area contributed by atoms with Gasteiger partial charge in [-0.15, -0.1) is 0 Å². The van der Waals surface area contributed by atoms with Gasteiger partial charge in [0.05, 0.1) is 6.04 Å². The standard InChI is InChI=1S/C26H30Cl2N2O2/c1-16(2)29-24(31)14-20-13-23(19-4-3-5-22(28)12-19)25(18-8-10-21(27)11-9-18)30(26(20)32)15-17-6-7-17/h3-5,8-12,16-17,20,23,25H,6-7,13-15H2,1-2H3,(H,29,31)/t20-,23-,25?/m1/s1. The van der Waals surface area contributed by atoms with E-state index >= 15 is 0 Å².